The fourth-order valence-corrected chi connectivity index (χ4v) is 4.35. The summed E-state index contributed by atoms with van der Waals surface area (Å²) in [4.78, 5) is 36.7. The number of nitrogens with zero attached hydrogens (tertiary/aromatic N) is 3. The SMILES string of the molecule is Cn1ncc(Nc2cccc3c2CCN(CC(=O)NCCOCCOCCOCCOCCNC=O)C3)c(Cl)c1=O. The van der Waals surface area contributed by atoms with Crippen LogP contribution in [0.2, 0.25) is 5.02 Å². The number of nitrogens with one attached hydrogen (secondary N) is 3. The van der Waals surface area contributed by atoms with Gasteiger partial charge in [-0.2, -0.15) is 5.10 Å². The Labute approximate surface area is 244 Å². The molecule has 14 heteroatoms. The van der Waals surface area contributed by atoms with Crippen molar-refractivity contribution in [3.05, 3.63) is 50.9 Å². The van der Waals surface area contributed by atoms with Crippen LogP contribution >= 0.6 is 11.6 Å². The van der Waals surface area contributed by atoms with Crippen LogP contribution in [0.1, 0.15) is 11.1 Å². The molecule has 3 rings (SSSR count). The van der Waals surface area contributed by atoms with Gasteiger partial charge in [0.05, 0.1) is 71.3 Å². The highest BCUT2D eigenvalue weighted by Crippen LogP contribution is 2.29. The van der Waals surface area contributed by atoms with Gasteiger partial charge in [0.2, 0.25) is 12.3 Å². The summed E-state index contributed by atoms with van der Waals surface area (Å²) < 4.78 is 22.8. The topological polar surface area (TPSA) is 145 Å². The summed E-state index contributed by atoms with van der Waals surface area (Å²) in [6.07, 6.45) is 2.93. The maximum absolute atomic E-state index is 12.4. The Bertz CT molecular complexity index is 1170. The van der Waals surface area contributed by atoms with Crippen LogP contribution in [-0.4, -0.2) is 106 Å². The lowest BCUT2D eigenvalue weighted by Gasteiger charge is -2.29. The zero-order chi connectivity index (χ0) is 29.3. The first-order valence-electron chi connectivity index (χ1n) is 13.6. The van der Waals surface area contributed by atoms with Gasteiger partial charge in [-0.1, -0.05) is 23.7 Å². The number of rotatable bonds is 20. The molecule has 0 saturated heterocycles. The molecule has 0 fully saturated rings. The molecule has 226 valence electrons. The summed E-state index contributed by atoms with van der Waals surface area (Å²) in [7, 11) is 1.55. The van der Waals surface area contributed by atoms with Gasteiger partial charge >= 0.3 is 0 Å². The first-order chi connectivity index (χ1) is 20.0. The van der Waals surface area contributed by atoms with E-state index in [0.717, 1.165) is 29.8 Å². The van der Waals surface area contributed by atoms with E-state index in [2.05, 4.69) is 25.9 Å². The molecule has 0 atom stereocenters. The molecule has 41 heavy (non-hydrogen) atoms. The van der Waals surface area contributed by atoms with Crippen molar-refractivity contribution in [2.75, 3.05) is 84.4 Å². The van der Waals surface area contributed by atoms with E-state index in [0.29, 0.717) is 91.1 Å². The zero-order valence-electron chi connectivity index (χ0n) is 23.4. The minimum atomic E-state index is -0.362. The van der Waals surface area contributed by atoms with Crippen LogP contribution in [0.5, 0.6) is 0 Å². The number of carbonyl (C=O) groups excluding carboxylic acids is 2. The van der Waals surface area contributed by atoms with Crippen molar-refractivity contribution in [3.8, 4) is 0 Å². The average molecular weight is 595 g/mol. The van der Waals surface area contributed by atoms with Crippen LogP contribution in [-0.2, 0) is 48.5 Å². The second-order valence-corrected chi connectivity index (χ2v) is 9.58. The Kier molecular flexibility index (Phi) is 14.5. The van der Waals surface area contributed by atoms with Crippen LogP contribution in [0.15, 0.2) is 29.2 Å². The number of halogens is 1. The van der Waals surface area contributed by atoms with E-state index >= 15 is 0 Å². The summed E-state index contributed by atoms with van der Waals surface area (Å²) in [6.45, 7) is 6.16. The van der Waals surface area contributed by atoms with Crippen molar-refractivity contribution in [3.63, 3.8) is 0 Å². The molecule has 0 radical (unpaired) electrons. The van der Waals surface area contributed by atoms with Gasteiger partial charge in [0, 0.05) is 38.9 Å². The van der Waals surface area contributed by atoms with Crippen molar-refractivity contribution in [2.24, 2.45) is 7.05 Å². The van der Waals surface area contributed by atoms with E-state index in [9.17, 15) is 14.4 Å². The summed E-state index contributed by atoms with van der Waals surface area (Å²) in [6, 6.07) is 5.93. The quantitative estimate of drug-likeness (QED) is 0.146. The second-order valence-electron chi connectivity index (χ2n) is 9.20. The predicted molar refractivity (Wildman–Crippen MR) is 154 cm³/mol. The Morgan fingerprint density at radius 3 is 2.34 bits per heavy atom. The number of hydrogen-bond acceptors (Lipinski definition) is 10. The molecule has 1 aliphatic rings. The Morgan fingerprint density at radius 1 is 1.00 bits per heavy atom. The van der Waals surface area contributed by atoms with E-state index < -0.39 is 0 Å². The summed E-state index contributed by atoms with van der Waals surface area (Å²) >= 11 is 6.22. The molecule has 2 aromatic rings. The Morgan fingerprint density at radius 2 is 1.66 bits per heavy atom. The van der Waals surface area contributed by atoms with Gasteiger partial charge < -0.3 is 34.9 Å². The number of amides is 2. The molecule has 0 saturated carbocycles. The van der Waals surface area contributed by atoms with Gasteiger partial charge in [-0.05, 0) is 23.6 Å². The number of aromatic nitrogens is 2. The van der Waals surface area contributed by atoms with Gasteiger partial charge in [0.15, 0.2) is 0 Å². The van der Waals surface area contributed by atoms with Crippen LogP contribution in [0.25, 0.3) is 0 Å². The zero-order valence-corrected chi connectivity index (χ0v) is 24.1. The predicted octanol–water partition coefficient (Wildman–Crippen LogP) is 0.464. The lowest BCUT2D eigenvalue weighted by molar-refractivity contribution is -0.122. The number of aryl methyl sites for hydroxylation is 1. The van der Waals surface area contributed by atoms with E-state index in [1.165, 1.54) is 10.9 Å². The third-order valence-electron chi connectivity index (χ3n) is 6.22. The Balaban J connectivity index is 1.24. The third-order valence-corrected chi connectivity index (χ3v) is 6.58. The van der Waals surface area contributed by atoms with E-state index in [4.69, 9.17) is 30.5 Å². The normalized spacial score (nSPS) is 13.0. The summed E-state index contributed by atoms with van der Waals surface area (Å²) in [5, 5.41) is 12.8. The average Bonchev–Trinajstić information content (AvgIpc) is 2.97. The first kappa shape index (κ1) is 32.4. The molecule has 2 amide bonds. The van der Waals surface area contributed by atoms with Gasteiger partial charge in [-0.25, -0.2) is 4.68 Å². The minimum absolute atomic E-state index is 0.0540. The van der Waals surface area contributed by atoms with Crippen LogP contribution < -0.4 is 21.5 Å². The number of fused-ring (bicyclic) bond motifs is 1. The van der Waals surface area contributed by atoms with Crippen LogP contribution in [0.4, 0.5) is 11.4 Å². The number of carbonyl (C=O) groups is 2. The molecule has 1 aromatic heterocycles. The van der Waals surface area contributed by atoms with Crippen molar-refractivity contribution >= 4 is 35.3 Å². The lowest BCUT2D eigenvalue weighted by atomic mass is 9.97. The lowest BCUT2D eigenvalue weighted by Crippen LogP contribution is -2.40. The van der Waals surface area contributed by atoms with Crippen molar-refractivity contribution in [1.29, 1.82) is 0 Å². The van der Waals surface area contributed by atoms with Gasteiger partial charge in [0.1, 0.15) is 5.02 Å². The maximum atomic E-state index is 12.4. The maximum Gasteiger partial charge on any atom is 0.287 e. The van der Waals surface area contributed by atoms with Crippen molar-refractivity contribution < 1.29 is 28.5 Å². The molecular formula is C27H39ClN6O7. The molecule has 0 bridgehead atoms. The van der Waals surface area contributed by atoms with Crippen LogP contribution in [0.3, 0.4) is 0 Å². The fraction of sp³-hybridized carbons (Fsp3) is 0.556. The monoisotopic (exact) mass is 594 g/mol. The number of ether oxygens (including phenoxy) is 4. The summed E-state index contributed by atoms with van der Waals surface area (Å²) in [5.41, 5.74) is 3.24. The smallest absolute Gasteiger partial charge is 0.287 e. The van der Waals surface area contributed by atoms with E-state index in [-0.39, 0.29) is 16.5 Å². The molecule has 1 aliphatic heterocycles. The Hall–Kier alpha value is -3.07. The summed E-state index contributed by atoms with van der Waals surface area (Å²) in [5.74, 6) is -0.0540. The van der Waals surface area contributed by atoms with Crippen molar-refractivity contribution in [1.82, 2.24) is 25.3 Å². The fourth-order valence-electron chi connectivity index (χ4n) is 4.14. The minimum Gasteiger partial charge on any atom is -0.377 e. The molecule has 0 spiro atoms. The van der Waals surface area contributed by atoms with Crippen LogP contribution in [0, 0.1) is 0 Å². The van der Waals surface area contributed by atoms with Crippen molar-refractivity contribution in [2.45, 2.75) is 13.0 Å². The molecule has 2 heterocycles. The van der Waals surface area contributed by atoms with Gasteiger partial charge in [0.25, 0.3) is 5.56 Å². The number of hydrogen-bond donors (Lipinski definition) is 3. The largest absolute Gasteiger partial charge is 0.377 e. The van der Waals surface area contributed by atoms with Gasteiger partial charge in [-0.3, -0.25) is 19.3 Å². The highest BCUT2D eigenvalue weighted by molar-refractivity contribution is 6.33. The standard InChI is InChI=1S/C27H39ClN6O7/c1-33-27(37)26(28)24(17-31-33)32-23-4-2-3-21-18-34(8-5-22(21)23)19-25(36)30-7-10-39-12-14-41-16-15-40-13-11-38-9-6-29-20-35/h2-4,17,20,32H,5-16,18-19H2,1H3,(H,29,35)(H,30,36). The molecule has 1 aromatic carbocycles. The number of benzene rings is 1. The van der Waals surface area contributed by atoms with E-state index in [1.54, 1.807) is 7.05 Å². The van der Waals surface area contributed by atoms with E-state index in [1.807, 2.05) is 18.2 Å². The molecular weight excluding hydrogens is 556 g/mol. The molecule has 0 unspecified atom stereocenters. The number of anilines is 2. The molecule has 13 nitrogen and oxygen atoms in total. The highest BCUT2D eigenvalue weighted by Gasteiger charge is 2.21. The van der Waals surface area contributed by atoms with Gasteiger partial charge in [-0.15, -0.1) is 0 Å². The molecule has 3 N–H and O–H groups in total. The first-order valence-corrected chi connectivity index (χ1v) is 13.9. The molecule has 0 aliphatic carbocycles. The third kappa shape index (κ3) is 11.4. The second kappa shape index (κ2) is 18.4. The highest BCUT2D eigenvalue weighted by atomic mass is 35.5.